The van der Waals surface area contributed by atoms with E-state index in [-0.39, 0.29) is 29.9 Å². The monoisotopic (exact) mass is 435 g/mol. The molecule has 1 heterocycles. The molecule has 0 atom stereocenters. The third-order valence-electron chi connectivity index (χ3n) is 4.73. The number of hydrogen-bond donors (Lipinski definition) is 2. The van der Waals surface area contributed by atoms with Crippen LogP contribution in [0.4, 0.5) is 0 Å². The summed E-state index contributed by atoms with van der Waals surface area (Å²) in [5.74, 6) is 2.15. The molecule has 23 heavy (non-hydrogen) atoms. The molecule has 2 aliphatic carbocycles. The number of rotatable bonds is 6. The molecule has 6 nitrogen and oxygen atoms in total. The average molecular weight is 435 g/mol. The molecule has 0 aromatic heterocycles. The predicted molar refractivity (Wildman–Crippen MR) is 103 cm³/mol. The number of nitrogens with zero attached hydrogens (tertiary/aromatic N) is 3. The van der Waals surface area contributed by atoms with E-state index in [0.717, 1.165) is 57.4 Å². The highest BCUT2D eigenvalue weighted by Gasteiger charge is 2.26. The molecule has 3 aliphatic rings. The molecular weight excluding hydrogens is 405 g/mol. The number of carbonyl (C=O) groups is 1. The minimum atomic E-state index is 0. The zero-order chi connectivity index (χ0) is 15.4. The van der Waals surface area contributed by atoms with Crippen molar-refractivity contribution >= 4 is 35.8 Å². The van der Waals surface area contributed by atoms with Crippen LogP contribution in [0.15, 0.2) is 4.99 Å². The van der Waals surface area contributed by atoms with E-state index in [1.165, 1.54) is 19.3 Å². The number of piperazine rings is 1. The van der Waals surface area contributed by atoms with Crippen LogP contribution >= 0.6 is 24.0 Å². The summed E-state index contributed by atoms with van der Waals surface area (Å²) in [5, 5.41) is 6.54. The number of aliphatic imine (C=N–C) groups is 1. The number of nitrogens with one attached hydrogen (secondary N) is 2. The highest BCUT2D eigenvalue weighted by atomic mass is 127. The second-order valence-corrected chi connectivity index (χ2v) is 6.81. The van der Waals surface area contributed by atoms with Crippen molar-refractivity contribution in [3.63, 3.8) is 0 Å². The van der Waals surface area contributed by atoms with Crippen LogP contribution in [-0.4, -0.2) is 74.0 Å². The van der Waals surface area contributed by atoms with E-state index >= 15 is 0 Å². The first-order valence-corrected chi connectivity index (χ1v) is 8.72. The second-order valence-electron chi connectivity index (χ2n) is 6.81. The van der Waals surface area contributed by atoms with Crippen LogP contribution in [0.1, 0.15) is 32.1 Å². The van der Waals surface area contributed by atoms with E-state index < -0.39 is 0 Å². The molecule has 1 amide bonds. The molecule has 0 radical (unpaired) electrons. The van der Waals surface area contributed by atoms with Gasteiger partial charge in [0.25, 0.3) is 0 Å². The number of halogens is 1. The van der Waals surface area contributed by atoms with Gasteiger partial charge < -0.3 is 15.5 Å². The lowest BCUT2D eigenvalue weighted by molar-refractivity contribution is -0.122. The third-order valence-corrected chi connectivity index (χ3v) is 4.73. The van der Waals surface area contributed by atoms with Crippen LogP contribution in [-0.2, 0) is 4.79 Å². The summed E-state index contributed by atoms with van der Waals surface area (Å²) in [7, 11) is 1.86. The molecule has 132 valence electrons. The van der Waals surface area contributed by atoms with Crippen molar-refractivity contribution < 1.29 is 4.79 Å². The predicted octanol–water partition coefficient (Wildman–Crippen LogP) is 0.876. The zero-order valence-corrected chi connectivity index (χ0v) is 16.4. The molecule has 1 saturated heterocycles. The first-order valence-electron chi connectivity index (χ1n) is 8.72. The van der Waals surface area contributed by atoms with Crippen LogP contribution in [0.2, 0.25) is 0 Å². The standard InChI is InChI=1S/C16H29N5O.HI/c1-17-16(18-7-6-13-2-3-13)21-10-8-20(9-11-21)12-15(22)19-14-4-5-14;/h13-14H,2-12H2,1H3,(H,17,18)(H,19,22);1H. The summed E-state index contributed by atoms with van der Waals surface area (Å²) in [4.78, 5) is 20.8. The van der Waals surface area contributed by atoms with Gasteiger partial charge in [-0.3, -0.25) is 14.7 Å². The molecule has 0 aromatic carbocycles. The lowest BCUT2D eigenvalue weighted by Crippen LogP contribution is -2.54. The molecule has 3 rings (SSSR count). The maximum absolute atomic E-state index is 11.8. The van der Waals surface area contributed by atoms with Crippen molar-refractivity contribution in [1.82, 2.24) is 20.4 Å². The van der Waals surface area contributed by atoms with Gasteiger partial charge in [0.05, 0.1) is 6.54 Å². The molecule has 7 heteroatoms. The topological polar surface area (TPSA) is 60.0 Å². The summed E-state index contributed by atoms with van der Waals surface area (Å²) in [6.07, 6.45) is 6.38. The van der Waals surface area contributed by atoms with Gasteiger partial charge in [0, 0.05) is 45.8 Å². The Bertz CT molecular complexity index is 415. The van der Waals surface area contributed by atoms with Crippen molar-refractivity contribution in [3.8, 4) is 0 Å². The maximum atomic E-state index is 11.8. The zero-order valence-electron chi connectivity index (χ0n) is 14.1. The van der Waals surface area contributed by atoms with Gasteiger partial charge in [-0.25, -0.2) is 0 Å². The lowest BCUT2D eigenvalue weighted by atomic mass is 10.3. The van der Waals surface area contributed by atoms with E-state index in [0.29, 0.717) is 12.6 Å². The highest BCUT2D eigenvalue weighted by Crippen LogP contribution is 2.31. The first kappa shape index (κ1) is 18.8. The fourth-order valence-electron chi connectivity index (χ4n) is 2.95. The highest BCUT2D eigenvalue weighted by molar-refractivity contribution is 14.0. The molecule has 0 spiro atoms. The third kappa shape index (κ3) is 6.45. The van der Waals surface area contributed by atoms with E-state index in [1.807, 2.05) is 7.05 Å². The van der Waals surface area contributed by atoms with Crippen molar-refractivity contribution in [1.29, 1.82) is 0 Å². The van der Waals surface area contributed by atoms with Crippen molar-refractivity contribution in [2.75, 3.05) is 46.3 Å². The van der Waals surface area contributed by atoms with Gasteiger partial charge in [-0.15, -0.1) is 24.0 Å². The maximum Gasteiger partial charge on any atom is 0.234 e. The summed E-state index contributed by atoms with van der Waals surface area (Å²) < 4.78 is 0. The Kier molecular flexibility index (Phi) is 7.39. The van der Waals surface area contributed by atoms with Crippen LogP contribution in [0.25, 0.3) is 0 Å². The van der Waals surface area contributed by atoms with Crippen LogP contribution in [0, 0.1) is 5.92 Å². The van der Waals surface area contributed by atoms with E-state index in [1.54, 1.807) is 0 Å². The van der Waals surface area contributed by atoms with E-state index in [2.05, 4.69) is 25.4 Å². The van der Waals surface area contributed by atoms with Crippen molar-refractivity contribution in [2.24, 2.45) is 10.9 Å². The SMILES string of the molecule is CN=C(NCCC1CC1)N1CCN(CC(=O)NC2CC2)CC1.I. The minimum absolute atomic E-state index is 0. The van der Waals surface area contributed by atoms with Gasteiger partial charge in [0.2, 0.25) is 5.91 Å². The van der Waals surface area contributed by atoms with Crippen molar-refractivity contribution in [2.45, 2.75) is 38.1 Å². The van der Waals surface area contributed by atoms with E-state index in [4.69, 9.17) is 0 Å². The normalized spacial score (nSPS) is 22.5. The van der Waals surface area contributed by atoms with Crippen molar-refractivity contribution in [3.05, 3.63) is 0 Å². The quantitative estimate of drug-likeness (QED) is 0.370. The fourth-order valence-corrected chi connectivity index (χ4v) is 2.95. The lowest BCUT2D eigenvalue weighted by Gasteiger charge is -2.36. The molecule has 0 unspecified atom stereocenters. The van der Waals surface area contributed by atoms with Crippen LogP contribution in [0.5, 0.6) is 0 Å². The number of guanidine groups is 1. The average Bonchev–Trinajstić information content (AvgIpc) is 3.40. The molecular formula is C16H30IN5O. The summed E-state index contributed by atoms with van der Waals surface area (Å²) in [6, 6.07) is 0.461. The Labute approximate surface area is 156 Å². The Morgan fingerprint density at radius 1 is 1.13 bits per heavy atom. The molecule has 1 aliphatic heterocycles. The largest absolute Gasteiger partial charge is 0.356 e. The van der Waals surface area contributed by atoms with Gasteiger partial charge >= 0.3 is 0 Å². The van der Waals surface area contributed by atoms with Crippen LogP contribution in [0.3, 0.4) is 0 Å². The Morgan fingerprint density at radius 3 is 2.39 bits per heavy atom. The van der Waals surface area contributed by atoms with Gasteiger partial charge in [0.15, 0.2) is 5.96 Å². The number of carbonyl (C=O) groups excluding carboxylic acids is 1. The molecule has 0 bridgehead atoms. The smallest absolute Gasteiger partial charge is 0.234 e. The molecule has 3 fully saturated rings. The van der Waals surface area contributed by atoms with Crippen LogP contribution < -0.4 is 10.6 Å². The second kappa shape index (κ2) is 9.05. The van der Waals surface area contributed by atoms with Gasteiger partial charge in [-0.2, -0.15) is 0 Å². The van der Waals surface area contributed by atoms with Gasteiger partial charge in [-0.1, -0.05) is 12.8 Å². The summed E-state index contributed by atoms with van der Waals surface area (Å²) in [6.45, 7) is 5.32. The van der Waals surface area contributed by atoms with E-state index in [9.17, 15) is 4.79 Å². The summed E-state index contributed by atoms with van der Waals surface area (Å²) in [5.41, 5.74) is 0. The molecule has 2 saturated carbocycles. The van der Waals surface area contributed by atoms with Gasteiger partial charge in [-0.05, 0) is 25.2 Å². The Balaban J connectivity index is 0.00000192. The number of amides is 1. The molecule has 0 aromatic rings. The first-order chi connectivity index (χ1) is 10.7. The fraction of sp³-hybridized carbons (Fsp3) is 0.875. The van der Waals surface area contributed by atoms with Gasteiger partial charge in [0.1, 0.15) is 0 Å². The molecule has 2 N–H and O–H groups in total. The minimum Gasteiger partial charge on any atom is -0.356 e. The Morgan fingerprint density at radius 2 is 1.83 bits per heavy atom. The number of hydrogen-bond acceptors (Lipinski definition) is 3. The Hall–Kier alpha value is -0.570. The summed E-state index contributed by atoms with van der Waals surface area (Å²) >= 11 is 0.